The highest BCUT2D eigenvalue weighted by atomic mass is 32.2. The molecule has 0 saturated heterocycles. The van der Waals surface area contributed by atoms with Crippen LogP contribution in [0.2, 0.25) is 0 Å². The lowest BCUT2D eigenvalue weighted by Gasteiger charge is -2.12. The Morgan fingerprint density at radius 1 is 1.30 bits per heavy atom. The highest BCUT2D eigenvalue weighted by molar-refractivity contribution is 7.99. The van der Waals surface area contributed by atoms with Crippen molar-refractivity contribution in [3.05, 3.63) is 46.1 Å². The van der Waals surface area contributed by atoms with Crippen LogP contribution in [0.1, 0.15) is 0 Å². The summed E-state index contributed by atoms with van der Waals surface area (Å²) in [5.74, 6) is 0.501. The number of benzene rings is 1. The monoisotopic (exact) mass is 405 g/mol. The van der Waals surface area contributed by atoms with Crippen LogP contribution in [0, 0.1) is 0 Å². The van der Waals surface area contributed by atoms with Gasteiger partial charge < -0.3 is 14.8 Å². The largest absolute Gasteiger partial charge is 0.495 e. The minimum Gasteiger partial charge on any atom is -0.495 e. The molecule has 0 fully saturated rings. The molecule has 3 rings (SSSR count). The number of nitrogens with zero attached hydrogens (tertiary/aromatic N) is 2. The highest BCUT2D eigenvalue weighted by Gasteiger charge is 2.15. The lowest BCUT2D eigenvalue weighted by Crippen LogP contribution is -2.25. The van der Waals surface area contributed by atoms with E-state index in [1.807, 2.05) is 17.5 Å². The van der Waals surface area contributed by atoms with Crippen LogP contribution in [-0.4, -0.2) is 42.0 Å². The third-order valence-electron chi connectivity index (χ3n) is 3.76. The van der Waals surface area contributed by atoms with E-state index in [1.165, 1.54) is 23.1 Å². The Hall–Kier alpha value is -2.36. The maximum atomic E-state index is 12.7. The molecule has 9 heteroatoms. The molecule has 0 aliphatic rings. The lowest BCUT2D eigenvalue weighted by molar-refractivity contribution is -0.113. The molecule has 3 aromatic rings. The van der Waals surface area contributed by atoms with Crippen molar-refractivity contribution < 1.29 is 14.3 Å². The molecule has 1 amide bonds. The zero-order valence-electron chi connectivity index (χ0n) is 14.9. The number of rotatable bonds is 8. The summed E-state index contributed by atoms with van der Waals surface area (Å²) in [6.45, 7) is 0.770. The second-order valence-corrected chi connectivity index (χ2v) is 7.37. The van der Waals surface area contributed by atoms with Gasteiger partial charge in [-0.2, -0.15) is 0 Å². The molecule has 27 heavy (non-hydrogen) atoms. The van der Waals surface area contributed by atoms with Crippen molar-refractivity contribution in [1.82, 2.24) is 9.55 Å². The number of aromatic nitrogens is 2. The number of ether oxygens (including phenoxy) is 2. The van der Waals surface area contributed by atoms with E-state index in [-0.39, 0.29) is 17.2 Å². The van der Waals surface area contributed by atoms with E-state index >= 15 is 0 Å². The summed E-state index contributed by atoms with van der Waals surface area (Å²) >= 11 is 2.58. The van der Waals surface area contributed by atoms with Crippen LogP contribution in [0.3, 0.4) is 0 Å². The number of thioether (sulfide) groups is 1. The molecular formula is C18H19N3O4S2. The summed E-state index contributed by atoms with van der Waals surface area (Å²) in [5, 5.41) is 5.15. The molecule has 2 aromatic heterocycles. The number of nitrogens with one attached hydrogen (secondary N) is 1. The predicted molar refractivity (Wildman–Crippen MR) is 108 cm³/mol. The van der Waals surface area contributed by atoms with Gasteiger partial charge in [0.1, 0.15) is 10.4 Å². The van der Waals surface area contributed by atoms with E-state index in [0.717, 1.165) is 0 Å². The van der Waals surface area contributed by atoms with Crippen molar-refractivity contribution in [2.24, 2.45) is 0 Å². The fourth-order valence-corrected chi connectivity index (χ4v) is 4.08. The van der Waals surface area contributed by atoms with Crippen molar-refractivity contribution in [2.45, 2.75) is 11.7 Å². The Bertz CT molecular complexity index is 1000. The van der Waals surface area contributed by atoms with Crippen LogP contribution < -0.4 is 15.6 Å². The van der Waals surface area contributed by atoms with Gasteiger partial charge in [0.2, 0.25) is 5.91 Å². The molecular weight excluding hydrogens is 386 g/mol. The van der Waals surface area contributed by atoms with E-state index in [0.29, 0.717) is 40.0 Å². The van der Waals surface area contributed by atoms with Crippen molar-refractivity contribution in [3.8, 4) is 5.75 Å². The topological polar surface area (TPSA) is 82.4 Å². The van der Waals surface area contributed by atoms with Crippen LogP contribution in [0.15, 0.2) is 45.7 Å². The first-order valence-electron chi connectivity index (χ1n) is 8.16. The second kappa shape index (κ2) is 9.03. The number of para-hydroxylation sites is 2. The Kier molecular flexibility index (Phi) is 6.49. The summed E-state index contributed by atoms with van der Waals surface area (Å²) in [7, 11) is 3.13. The second-order valence-electron chi connectivity index (χ2n) is 5.52. The molecule has 142 valence electrons. The van der Waals surface area contributed by atoms with Gasteiger partial charge in [0, 0.05) is 7.11 Å². The quantitative estimate of drug-likeness (QED) is 0.458. The number of fused-ring (bicyclic) bond motifs is 1. The predicted octanol–water partition coefficient (Wildman–Crippen LogP) is 2.84. The SMILES string of the molecule is COCCn1c(SCC(=O)Nc2ccccc2OC)nc2ccsc2c1=O. The first-order chi connectivity index (χ1) is 13.1. The Morgan fingerprint density at radius 3 is 2.89 bits per heavy atom. The van der Waals surface area contributed by atoms with Crippen LogP contribution >= 0.6 is 23.1 Å². The molecule has 1 N–H and O–H groups in total. The molecule has 0 saturated carbocycles. The summed E-state index contributed by atoms with van der Waals surface area (Å²) in [5.41, 5.74) is 1.13. The molecule has 0 bridgehead atoms. The van der Waals surface area contributed by atoms with Crippen molar-refractivity contribution in [2.75, 3.05) is 31.9 Å². The van der Waals surface area contributed by atoms with Crippen LogP contribution in [0.4, 0.5) is 5.69 Å². The minimum absolute atomic E-state index is 0.111. The molecule has 0 radical (unpaired) electrons. The van der Waals surface area contributed by atoms with Gasteiger partial charge in [-0.25, -0.2) is 4.98 Å². The van der Waals surface area contributed by atoms with Gasteiger partial charge in [0.05, 0.1) is 37.2 Å². The van der Waals surface area contributed by atoms with E-state index in [4.69, 9.17) is 9.47 Å². The number of amides is 1. The Labute approximate surface area is 164 Å². The zero-order valence-corrected chi connectivity index (χ0v) is 16.6. The number of thiophene rings is 1. The number of carbonyl (C=O) groups excluding carboxylic acids is 1. The maximum Gasteiger partial charge on any atom is 0.272 e. The molecule has 2 heterocycles. The number of hydrogen-bond donors (Lipinski definition) is 1. The van der Waals surface area contributed by atoms with Gasteiger partial charge in [0.25, 0.3) is 5.56 Å². The number of methoxy groups -OCH3 is 2. The van der Waals surface area contributed by atoms with Gasteiger partial charge >= 0.3 is 0 Å². The smallest absolute Gasteiger partial charge is 0.272 e. The number of anilines is 1. The van der Waals surface area contributed by atoms with Crippen LogP contribution in [0.25, 0.3) is 10.2 Å². The summed E-state index contributed by atoms with van der Waals surface area (Å²) in [6, 6.07) is 9.00. The summed E-state index contributed by atoms with van der Waals surface area (Å²) in [4.78, 5) is 29.6. The van der Waals surface area contributed by atoms with Gasteiger partial charge in [-0.3, -0.25) is 14.2 Å². The molecule has 7 nitrogen and oxygen atoms in total. The van der Waals surface area contributed by atoms with E-state index < -0.39 is 0 Å². The Balaban J connectivity index is 1.77. The fraction of sp³-hybridized carbons (Fsp3) is 0.278. The van der Waals surface area contributed by atoms with Crippen molar-refractivity contribution in [1.29, 1.82) is 0 Å². The summed E-state index contributed by atoms with van der Waals surface area (Å²) < 4.78 is 12.5. The van der Waals surface area contributed by atoms with Gasteiger partial charge in [0.15, 0.2) is 5.16 Å². The number of carbonyl (C=O) groups is 1. The zero-order chi connectivity index (χ0) is 19.2. The Morgan fingerprint density at radius 2 is 2.11 bits per heavy atom. The highest BCUT2D eigenvalue weighted by Crippen LogP contribution is 2.24. The van der Waals surface area contributed by atoms with E-state index in [9.17, 15) is 9.59 Å². The van der Waals surface area contributed by atoms with Gasteiger partial charge in [-0.15, -0.1) is 11.3 Å². The van der Waals surface area contributed by atoms with E-state index in [2.05, 4.69) is 10.3 Å². The average Bonchev–Trinajstić information content (AvgIpc) is 3.15. The molecule has 0 aliphatic carbocycles. The van der Waals surface area contributed by atoms with Gasteiger partial charge in [-0.1, -0.05) is 23.9 Å². The van der Waals surface area contributed by atoms with Gasteiger partial charge in [-0.05, 0) is 23.6 Å². The lowest BCUT2D eigenvalue weighted by atomic mass is 10.3. The third-order valence-corrected chi connectivity index (χ3v) is 5.63. The first-order valence-corrected chi connectivity index (χ1v) is 10.0. The van der Waals surface area contributed by atoms with E-state index in [1.54, 1.807) is 37.0 Å². The first kappa shape index (κ1) is 19.4. The van der Waals surface area contributed by atoms with Crippen LogP contribution in [-0.2, 0) is 16.1 Å². The summed E-state index contributed by atoms with van der Waals surface area (Å²) in [6.07, 6.45) is 0. The maximum absolute atomic E-state index is 12.7. The molecule has 1 aromatic carbocycles. The normalized spacial score (nSPS) is 10.9. The fourth-order valence-electron chi connectivity index (χ4n) is 2.48. The van der Waals surface area contributed by atoms with Crippen LogP contribution in [0.5, 0.6) is 5.75 Å². The third kappa shape index (κ3) is 4.49. The van der Waals surface area contributed by atoms with Crippen molar-refractivity contribution >= 4 is 44.9 Å². The molecule has 0 spiro atoms. The molecule has 0 unspecified atom stereocenters. The average molecular weight is 406 g/mol. The van der Waals surface area contributed by atoms with Crippen molar-refractivity contribution in [3.63, 3.8) is 0 Å². The molecule has 0 aliphatic heterocycles. The number of hydrogen-bond acceptors (Lipinski definition) is 7. The minimum atomic E-state index is -0.206. The standard InChI is InChI=1S/C18H19N3O4S2/c1-24-9-8-21-17(23)16-13(7-10-26-16)20-18(21)27-11-15(22)19-12-5-3-4-6-14(12)25-2/h3-7,10H,8-9,11H2,1-2H3,(H,19,22). The molecule has 0 atom stereocenters.